The van der Waals surface area contributed by atoms with Gasteiger partial charge in [0.25, 0.3) is 5.91 Å². The fraction of sp³-hybridized carbons (Fsp3) is 0.333. The van der Waals surface area contributed by atoms with Crippen molar-refractivity contribution in [2.75, 3.05) is 6.67 Å². The molecule has 6 heteroatoms. The van der Waals surface area contributed by atoms with E-state index in [0.717, 1.165) is 5.56 Å². The molecule has 18 heavy (non-hydrogen) atoms. The second kappa shape index (κ2) is 5.59. The zero-order valence-electron chi connectivity index (χ0n) is 9.56. The topological polar surface area (TPSA) is 67.4 Å². The molecule has 2 amide bonds. The van der Waals surface area contributed by atoms with E-state index in [2.05, 4.69) is 10.8 Å². The molecule has 5 nitrogen and oxygen atoms in total. The summed E-state index contributed by atoms with van der Waals surface area (Å²) in [6, 6.07) is 8.50. The van der Waals surface area contributed by atoms with Crippen LogP contribution in [0.2, 0.25) is 0 Å². The van der Waals surface area contributed by atoms with Crippen molar-refractivity contribution in [3.8, 4) is 0 Å². The van der Waals surface area contributed by atoms with Crippen LogP contribution in [0.5, 0.6) is 0 Å². The molecule has 0 radical (unpaired) electrons. The molecule has 1 aromatic carbocycles. The van der Waals surface area contributed by atoms with Crippen LogP contribution < -0.4 is 10.8 Å². The fourth-order valence-corrected chi connectivity index (χ4v) is 1.70. The maximum absolute atomic E-state index is 12.4. The molecular weight excluding hydrogens is 239 g/mol. The Labute approximate surface area is 103 Å². The van der Waals surface area contributed by atoms with Gasteiger partial charge in [0.1, 0.15) is 12.6 Å². The molecule has 2 atom stereocenters. The Hall–Kier alpha value is -1.95. The number of halogens is 1. The van der Waals surface area contributed by atoms with Crippen molar-refractivity contribution >= 4 is 11.8 Å². The van der Waals surface area contributed by atoms with Gasteiger partial charge in [0, 0.05) is 0 Å². The van der Waals surface area contributed by atoms with Gasteiger partial charge in [-0.1, -0.05) is 30.3 Å². The number of alkyl halides is 1. The number of nitrogens with one attached hydrogen (secondary N) is 2. The maximum Gasteiger partial charge on any atom is 0.258 e. The third kappa shape index (κ3) is 2.65. The average molecular weight is 252 g/mol. The van der Waals surface area contributed by atoms with Gasteiger partial charge in [-0.15, -0.1) is 0 Å². The number of hydrogen-bond acceptors (Lipinski definition) is 3. The van der Waals surface area contributed by atoms with Gasteiger partial charge in [0.15, 0.2) is 0 Å². The third-order valence-corrected chi connectivity index (χ3v) is 2.72. The molecule has 96 valence electrons. The number of hydroxylamine groups is 1. The normalized spacial score (nSPS) is 21.9. The first-order valence-corrected chi connectivity index (χ1v) is 5.54. The van der Waals surface area contributed by atoms with Gasteiger partial charge in [-0.2, -0.15) is 0 Å². The van der Waals surface area contributed by atoms with Crippen LogP contribution in [0.4, 0.5) is 4.39 Å². The number of amides is 2. The van der Waals surface area contributed by atoms with Crippen molar-refractivity contribution in [3.63, 3.8) is 0 Å². The van der Waals surface area contributed by atoms with Crippen molar-refractivity contribution in [1.82, 2.24) is 10.8 Å². The lowest BCUT2D eigenvalue weighted by atomic mass is 9.91. The fourth-order valence-electron chi connectivity index (χ4n) is 1.70. The van der Waals surface area contributed by atoms with Crippen LogP contribution in [-0.4, -0.2) is 24.5 Å². The predicted octanol–water partition coefficient (Wildman–Crippen LogP) is 0.318. The second-order valence-electron chi connectivity index (χ2n) is 3.99. The summed E-state index contributed by atoms with van der Waals surface area (Å²) in [5, 5.41) is 2.30. The summed E-state index contributed by atoms with van der Waals surface area (Å²) in [7, 11) is 0. The maximum atomic E-state index is 12.4. The van der Waals surface area contributed by atoms with E-state index in [0.29, 0.717) is 0 Å². The minimum Gasteiger partial charge on any atom is -0.349 e. The highest BCUT2D eigenvalue weighted by Crippen LogP contribution is 2.15. The Morgan fingerprint density at radius 2 is 2.11 bits per heavy atom. The number of hydrogen-bond donors (Lipinski definition) is 2. The van der Waals surface area contributed by atoms with Crippen LogP contribution >= 0.6 is 0 Å². The van der Waals surface area contributed by atoms with Crippen molar-refractivity contribution in [2.45, 2.75) is 12.6 Å². The number of carbonyl (C=O) groups is 2. The Morgan fingerprint density at radius 3 is 2.72 bits per heavy atom. The van der Waals surface area contributed by atoms with Crippen LogP contribution in [-0.2, 0) is 21.0 Å². The highest BCUT2D eigenvalue weighted by molar-refractivity contribution is 6.05. The van der Waals surface area contributed by atoms with E-state index in [1.165, 1.54) is 0 Å². The number of β-lactam (4-membered cyclic amide) rings is 1. The van der Waals surface area contributed by atoms with Gasteiger partial charge in [0.05, 0.1) is 12.6 Å². The largest absolute Gasteiger partial charge is 0.349 e. The Balaban J connectivity index is 1.77. The molecule has 0 bridgehead atoms. The van der Waals surface area contributed by atoms with Gasteiger partial charge < -0.3 is 5.32 Å². The van der Waals surface area contributed by atoms with E-state index in [4.69, 9.17) is 4.84 Å². The van der Waals surface area contributed by atoms with Gasteiger partial charge in [-0.25, -0.2) is 9.87 Å². The van der Waals surface area contributed by atoms with E-state index in [-0.39, 0.29) is 6.61 Å². The van der Waals surface area contributed by atoms with Crippen molar-refractivity contribution in [3.05, 3.63) is 35.9 Å². The lowest BCUT2D eigenvalue weighted by Gasteiger charge is -2.33. The van der Waals surface area contributed by atoms with Crippen molar-refractivity contribution in [1.29, 1.82) is 0 Å². The monoisotopic (exact) mass is 252 g/mol. The standard InChI is InChI=1S/C12H13FN2O3/c13-6-9-10(11(16)14-9)12(17)15-18-7-8-4-2-1-3-5-8/h1-5,9-10H,6-7H2,(H,14,16)(H,15,17). The van der Waals surface area contributed by atoms with E-state index < -0.39 is 30.4 Å². The predicted molar refractivity (Wildman–Crippen MR) is 60.8 cm³/mol. The number of rotatable bonds is 5. The molecule has 2 unspecified atom stereocenters. The molecule has 2 N–H and O–H groups in total. The van der Waals surface area contributed by atoms with Crippen molar-refractivity contribution < 1.29 is 18.8 Å². The summed E-state index contributed by atoms with van der Waals surface area (Å²) in [6.45, 7) is -0.566. The smallest absolute Gasteiger partial charge is 0.258 e. The molecule has 0 aliphatic carbocycles. The molecule has 2 rings (SSSR count). The van der Waals surface area contributed by atoms with Crippen LogP contribution in [0.3, 0.4) is 0 Å². The lowest BCUT2D eigenvalue weighted by Crippen LogP contribution is -2.64. The Bertz CT molecular complexity index is 438. The molecule has 0 aromatic heterocycles. The van der Waals surface area contributed by atoms with E-state index in [1.54, 1.807) is 0 Å². The zero-order chi connectivity index (χ0) is 13.0. The molecular formula is C12H13FN2O3. The van der Waals surface area contributed by atoms with Crippen LogP contribution in [0.1, 0.15) is 5.56 Å². The highest BCUT2D eigenvalue weighted by atomic mass is 19.1. The first-order valence-electron chi connectivity index (χ1n) is 5.54. The Kier molecular flexibility index (Phi) is 3.88. The minimum atomic E-state index is -0.995. The lowest BCUT2D eigenvalue weighted by molar-refractivity contribution is -0.152. The zero-order valence-corrected chi connectivity index (χ0v) is 9.56. The summed E-state index contributed by atoms with van der Waals surface area (Å²) < 4.78 is 12.4. The Morgan fingerprint density at radius 1 is 1.39 bits per heavy atom. The van der Waals surface area contributed by atoms with Gasteiger partial charge in [-0.05, 0) is 5.56 Å². The van der Waals surface area contributed by atoms with E-state index >= 15 is 0 Å². The molecule has 1 aliphatic rings. The van der Waals surface area contributed by atoms with E-state index in [1.807, 2.05) is 30.3 Å². The van der Waals surface area contributed by atoms with Crippen molar-refractivity contribution in [2.24, 2.45) is 5.92 Å². The summed E-state index contributed by atoms with van der Waals surface area (Å²) in [6.07, 6.45) is 0. The van der Waals surface area contributed by atoms with Crippen LogP contribution in [0, 0.1) is 5.92 Å². The SMILES string of the molecule is O=C(NOCc1ccccc1)C1C(=O)NC1CF. The summed E-state index contributed by atoms with van der Waals surface area (Å²) in [5.41, 5.74) is 3.05. The first kappa shape index (κ1) is 12.5. The molecule has 1 aromatic rings. The molecule has 1 saturated heterocycles. The average Bonchev–Trinajstić information content (AvgIpc) is 2.37. The molecule has 0 spiro atoms. The second-order valence-corrected chi connectivity index (χ2v) is 3.99. The van der Waals surface area contributed by atoms with E-state index in [9.17, 15) is 14.0 Å². The summed E-state index contributed by atoms with van der Waals surface area (Å²) in [5.74, 6) is -2.08. The summed E-state index contributed by atoms with van der Waals surface area (Å²) >= 11 is 0. The molecule has 1 heterocycles. The number of carbonyl (C=O) groups excluding carboxylic acids is 2. The molecule has 0 saturated carbocycles. The van der Waals surface area contributed by atoms with Crippen LogP contribution in [0.25, 0.3) is 0 Å². The quantitative estimate of drug-likeness (QED) is 0.450. The molecule has 1 aliphatic heterocycles. The van der Waals surface area contributed by atoms with Crippen LogP contribution in [0.15, 0.2) is 30.3 Å². The van der Waals surface area contributed by atoms with Gasteiger partial charge >= 0.3 is 0 Å². The highest BCUT2D eigenvalue weighted by Gasteiger charge is 2.44. The number of benzene rings is 1. The minimum absolute atomic E-state index is 0.196. The van der Waals surface area contributed by atoms with Gasteiger partial charge in [0.2, 0.25) is 5.91 Å². The third-order valence-electron chi connectivity index (χ3n) is 2.72. The van der Waals surface area contributed by atoms with Gasteiger partial charge in [-0.3, -0.25) is 14.4 Å². The summed E-state index contributed by atoms with van der Waals surface area (Å²) in [4.78, 5) is 27.6. The first-order chi connectivity index (χ1) is 8.72. The molecule has 1 fully saturated rings.